The number of amides is 1. The first-order valence-electron chi connectivity index (χ1n) is 6.41. The van der Waals surface area contributed by atoms with Gasteiger partial charge in [-0.15, -0.1) is 11.3 Å². The van der Waals surface area contributed by atoms with Gasteiger partial charge in [0, 0.05) is 6.54 Å². The van der Waals surface area contributed by atoms with Crippen LogP contribution in [0.1, 0.15) is 34.5 Å². The summed E-state index contributed by atoms with van der Waals surface area (Å²) in [4.78, 5) is 12.6. The zero-order valence-electron chi connectivity index (χ0n) is 10.6. The number of carbonyl (C=O) groups excluding carboxylic acids is 1. The first kappa shape index (κ1) is 13.8. The first-order valence-corrected chi connectivity index (χ1v) is 7.66. The third kappa shape index (κ3) is 3.46. The number of rotatable bonds is 4. The van der Waals surface area contributed by atoms with Gasteiger partial charge in [-0.3, -0.25) is 4.79 Å². The maximum absolute atomic E-state index is 11.9. The molecule has 0 bridgehead atoms. The SMILES string of the molecule is Cc1csc(C(=O)NCCC2CCCNC2)c1Cl. The monoisotopic (exact) mass is 286 g/mol. The van der Waals surface area contributed by atoms with Crippen molar-refractivity contribution in [2.24, 2.45) is 5.92 Å². The fourth-order valence-corrected chi connectivity index (χ4v) is 3.42. The normalized spacial score (nSPS) is 19.8. The van der Waals surface area contributed by atoms with Crippen LogP contribution in [0.25, 0.3) is 0 Å². The lowest BCUT2D eigenvalue weighted by atomic mass is 9.96. The fourth-order valence-electron chi connectivity index (χ4n) is 2.22. The van der Waals surface area contributed by atoms with Crippen molar-refractivity contribution in [3.8, 4) is 0 Å². The minimum Gasteiger partial charge on any atom is -0.351 e. The van der Waals surface area contributed by atoms with Crippen LogP contribution in [0.15, 0.2) is 5.38 Å². The molecule has 18 heavy (non-hydrogen) atoms. The van der Waals surface area contributed by atoms with Gasteiger partial charge in [0.05, 0.1) is 5.02 Å². The van der Waals surface area contributed by atoms with E-state index in [1.807, 2.05) is 12.3 Å². The van der Waals surface area contributed by atoms with Crippen molar-refractivity contribution in [3.63, 3.8) is 0 Å². The molecule has 0 saturated carbocycles. The topological polar surface area (TPSA) is 41.1 Å². The molecule has 1 fully saturated rings. The minimum absolute atomic E-state index is 0.0399. The van der Waals surface area contributed by atoms with Crippen LogP contribution < -0.4 is 10.6 Å². The summed E-state index contributed by atoms with van der Waals surface area (Å²) in [6.07, 6.45) is 3.55. The van der Waals surface area contributed by atoms with E-state index in [-0.39, 0.29) is 5.91 Å². The first-order chi connectivity index (χ1) is 8.68. The largest absolute Gasteiger partial charge is 0.351 e. The van der Waals surface area contributed by atoms with E-state index < -0.39 is 0 Å². The number of thiophene rings is 1. The van der Waals surface area contributed by atoms with Crippen molar-refractivity contribution in [2.75, 3.05) is 19.6 Å². The van der Waals surface area contributed by atoms with Crippen molar-refractivity contribution in [3.05, 3.63) is 20.8 Å². The Morgan fingerprint density at radius 1 is 1.67 bits per heavy atom. The summed E-state index contributed by atoms with van der Waals surface area (Å²) in [5.41, 5.74) is 0.975. The van der Waals surface area contributed by atoms with Gasteiger partial charge in [-0.25, -0.2) is 0 Å². The van der Waals surface area contributed by atoms with Crippen molar-refractivity contribution in [1.82, 2.24) is 10.6 Å². The molecule has 0 aromatic carbocycles. The van der Waals surface area contributed by atoms with Gasteiger partial charge in [-0.2, -0.15) is 0 Å². The van der Waals surface area contributed by atoms with Crippen molar-refractivity contribution >= 4 is 28.8 Å². The Hall–Kier alpha value is -0.580. The fraction of sp³-hybridized carbons (Fsp3) is 0.615. The average Bonchev–Trinajstić information content (AvgIpc) is 2.71. The van der Waals surface area contributed by atoms with E-state index in [1.165, 1.54) is 24.2 Å². The molecule has 2 rings (SSSR count). The highest BCUT2D eigenvalue weighted by molar-refractivity contribution is 7.13. The molecule has 1 atom stereocenters. The van der Waals surface area contributed by atoms with E-state index in [2.05, 4.69) is 10.6 Å². The van der Waals surface area contributed by atoms with E-state index >= 15 is 0 Å². The molecule has 0 radical (unpaired) electrons. The van der Waals surface area contributed by atoms with Gasteiger partial charge in [-0.1, -0.05) is 11.6 Å². The van der Waals surface area contributed by atoms with Crippen molar-refractivity contribution < 1.29 is 4.79 Å². The molecule has 2 heterocycles. The number of aryl methyl sites for hydroxylation is 1. The summed E-state index contributed by atoms with van der Waals surface area (Å²) in [7, 11) is 0. The third-order valence-corrected chi connectivity index (χ3v) is 5.04. The predicted octanol–water partition coefficient (Wildman–Crippen LogP) is 2.83. The summed E-state index contributed by atoms with van der Waals surface area (Å²) in [5.74, 6) is 0.654. The van der Waals surface area contributed by atoms with Crippen LogP contribution in [0.4, 0.5) is 0 Å². The summed E-state index contributed by atoms with van der Waals surface area (Å²) in [6.45, 7) is 4.86. The smallest absolute Gasteiger partial charge is 0.262 e. The highest BCUT2D eigenvalue weighted by Gasteiger charge is 2.16. The van der Waals surface area contributed by atoms with Crippen LogP contribution in [0, 0.1) is 12.8 Å². The molecule has 0 aliphatic carbocycles. The number of hydrogen-bond donors (Lipinski definition) is 2. The molecule has 1 saturated heterocycles. The Bertz CT molecular complexity index is 413. The molecule has 1 aliphatic rings. The van der Waals surface area contributed by atoms with E-state index in [1.54, 1.807) is 0 Å². The summed E-state index contributed by atoms with van der Waals surface area (Å²) >= 11 is 7.48. The molecule has 1 aliphatic heterocycles. The molecule has 2 N–H and O–H groups in total. The van der Waals surface area contributed by atoms with Crippen LogP contribution in [-0.2, 0) is 0 Å². The van der Waals surface area contributed by atoms with E-state index in [0.717, 1.165) is 31.6 Å². The number of hydrogen-bond acceptors (Lipinski definition) is 3. The lowest BCUT2D eigenvalue weighted by molar-refractivity contribution is 0.0955. The molecule has 100 valence electrons. The van der Waals surface area contributed by atoms with Gasteiger partial charge in [0.25, 0.3) is 5.91 Å². The highest BCUT2D eigenvalue weighted by Crippen LogP contribution is 2.26. The Morgan fingerprint density at radius 3 is 3.11 bits per heavy atom. The van der Waals surface area contributed by atoms with E-state index in [0.29, 0.717) is 15.8 Å². The van der Waals surface area contributed by atoms with Gasteiger partial charge in [0.15, 0.2) is 0 Å². The molecular formula is C13H19ClN2OS. The second kappa shape index (κ2) is 6.55. The molecule has 0 spiro atoms. The zero-order valence-corrected chi connectivity index (χ0v) is 12.2. The molecule has 1 unspecified atom stereocenters. The quantitative estimate of drug-likeness (QED) is 0.894. The van der Waals surface area contributed by atoms with Crippen LogP contribution in [0.5, 0.6) is 0 Å². The summed E-state index contributed by atoms with van der Waals surface area (Å²) < 4.78 is 0. The second-order valence-corrected chi connectivity index (χ2v) is 6.08. The summed E-state index contributed by atoms with van der Waals surface area (Å²) in [6, 6.07) is 0. The van der Waals surface area contributed by atoms with Crippen LogP contribution in [0.2, 0.25) is 5.02 Å². The van der Waals surface area contributed by atoms with Crippen molar-refractivity contribution in [2.45, 2.75) is 26.2 Å². The van der Waals surface area contributed by atoms with Gasteiger partial charge in [0.2, 0.25) is 0 Å². The Kier molecular flexibility index (Phi) is 5.03. The van der Waals surface area contributed by atoms with Crippen LogP contribution in [-0.4, -0.2) is 25.5 Å². The predicted molar refractivity (Wildman–Crippen MR) is 76.6 cm³/mol. The van der Waals surface area contributed by atoms with Crippen LogP contribution in [0.3, 0.4) is 0 Å². The Morgan fingerprint density at radius 2 is 2.50 bits per heavy atom. The van der Waals surface area contributed by atoms with Gasteiger partial charge in [0.1, 0.15) is 4.88 Å². The van der Waals surface area contributed by atoms with E-state index in [4.69, 9.17) is 11.6 Å². The second-order valence-electron chi connectivity index (χ2n) is 4.82. The molecule has 1 aromatic rings. The molecular weight excluding hydrogens is 268 g/mol. The number of nitrogens with one attached hydrogen (secondary N) is 2. The molecule has 5 heteroatoms. The van der Waals surface area contributed by atoms with E-state index in [9.17, 15) is 4.79 Å². The number of piperidine rings is 1. The molecule has 1 aromatic heterocycles. The van der Waals surface area contributed by atoms with Gasteiger partial charge < -0.3 is 10.6 Å². The number of carbonyl (C=O) groups is 1. The Labute approximate surface area is 117 Å². The highest BCUT2D eigenvalue weighted by atomic mass is 35.5. The maximum Gasteiger partial charge on any atom is 0.262 e. The van der Waals surface area contributed by atoms with Gasteiger partial charge in [-0.05, 0) is 56.1 Å². The third-order valence-electron chi connectivity index (χ3n) is 3.34. The molecule has 3 nitrogen and oxygen atoms in total. The van der Waals surface area contributed by atoms with Crippen molar-refractivity contribution in [1.29, 1.82) is 0 Å². The standard InChI is InChI=1S/C13H19ClN2OS/c1-9-8-18-12(11(9)14)13(17)16-6-4-10-3-2-5-15-7-10/h8,10,15H,2-7H2,1H3,(H,16,17). The summed E-state index contributed by atoms with van der Waals surface area (Å²) in [5, 5.41) is 8.86. The van der Waals surface area contributed by atoms with Crippen LogP contribution >= 0.6 is 22.9 Å². The average molecular weight is 287 g/mol. The number of halogens is 1. The zero-order chi connectivity index (χ0) is 13.0. The molecule has 1 amide bonds. The lowest BCUT2D eigenvalue weighted by Crippen LogP contribution is -2.33. The lowest BCUT2D eigenvalue weighted by Gasteiger charge is -2.22. The minimum atomic E-state index is -0.0399. The van der Waals surface area contributed by atoms with Gasteiger partial charge >= 0.3 is 0 Å². The Balaban J connectivity index is 1.76. The maximum atomic E-state index is 11.9.